The summed E-state index contributed by atoms with van der Waals surface area (Å²) in [5.74, 6) is -0.485. The van der Waals surface area contributed by atoms with E-state index in [4.69, 9.17) is 4.42 Å². The van der Waals surface area contributed by atoms with Crippen molar-refractivity contribution in [1.82, 2.24) is 0 Å². The maximum Gasteiger partial charge on any atom is 0.311 e. The third-order valence-electron chi connectivity index (χ3n) is 3.93. The third kappa shape index (κ3) is 2.40. The summed E-state index contributed by atoms with van der Waals surface area (Å²) in [7, 11) is 0. The van der Waals surface area contributed by atoms with Crippen LogP contribution in [0.3, 0.4) is 0 Å². The lowest BCUT2D eigenvalue weighted by Gasteiger charge is -2.08. The van der Waals surface area contributed by atoms with Crippen LogP contribution in [0.2, 0.25) is 0 Å². The van der Waals surface area contributed by atoms with Crippen LogP contribution >= 0.6 is 0 Å². The second-order valence-corrected chi connectivity index (χ2v) is 5.33. The van der Waals surface area contributed by atoms with E-state index in [9.17, 15) is 25.1 Å². The maximum atomic E-state index is 12.8. The van der Waals surface area contributed by atoms with E-state index < -0.39 is 21.8 Å². The summed E-state index contributed by atoms with van der Waals surface area (Å²) >= 11 is 0. The number of fused-ring (bicyclic) bond motifs is 1. The number of hydrogen-bond acceptors (Lipinski definition) is 6. The topological polar surface area (TPSA) is 114 Å². The Labute approximate surface area is 135 Å². The van der Waals surface area contributed by atoms with Crippen LogP contribution in [0.1, 0.15) is 11.1 Å². The van der Waals surface area contributed by atoms with E-state index in [0.29, 0.717) is 11.1 Å². The highest BCUT2D eigenvalue weighted by atomic mass is 16.6. The number of nitrogens with zero attached hydrogens (tertiary/aromatic N) is 1. The van der Waals surface area contributed by atoms with Crippen molar-refractivity contribution in [3.8, 4) is 16.9 Å². The van der Waals surface area contributed by atoms with E-state index in [1.165, 1.54) is 12.3 Å². The number of rotatable bonds is 3. The Morgan fingerprint density at radius 3 is 2.67 bits per heavy atom. The Morgan fingerprint density at radius 2 is 2.00 bits per heavy atom. The molecule has 7 nitrogen and oxygen atoms in total. The Morgan fingerprint density at radius 1 is 1.25 bits per heavy atom. The normalized spacial score (nSPS) is 10.9. The average Bonchev–Trinajstić information content (AvgIpc) is 2.56. The molecule has 0 fully saturated rings. The Kier molecular flexibility index (Phi) is 3.78. The number of phenols is 1. The van der Waals surface area contributed by atoms with E-state index in [1.54, 1.807) is 19.1 Å². The first kappa shape index (κ1) is 15.7. The van der Waals surface area contributed by atoms with Gasteiger partial charge >= 0.3 is 5.69 Å². The second-order valence-electron chi connectivity index (χ2n) is 5.33. The van der Waals surface area contributed by atoms with Crippen LogP contribution in [0.25, 0.3) is 22.1 Å². The van der Waals surface area contributed by atoms with Crippen LogP contribution in [-0.2, 0) is 6.61 Å². The fourth-order valence-corrected chi connectivity index (χ4v) is 2.63. The molecule has 0 aliphatic rings. The minimum Gasteiger partial charge on any atom is -0.502 e. The lowest BCUT2D eigenvalue weighted by molar-refractivity contribution is -0.385. The van der Waals surface area contributed by atoms with E-state index in [0.717, 1.165) is 17.7 Å². The Balaban J connectivity index is 2.32. The number of nitro benzene ring substituents is 1. The monoisotopic (exact) mass is 327 g/mol. The predicted octanol–water partition coefficient (Wildman–Crippen LogP) is 2.87. The van der Waals surface area contributed by atoms with Gasteiger partial charge in [0.25, 0.3) is 0 Å². The van der Waals surface area contributed by atoms with Crippen LogP contribution in [0.15, 0.2) is 45.8 Å². The molecule has 1 heterocycles. The molecule has 2 aromatic carbocycles. The highest BCUT2D eigenvalue weighted by Gasteiger charge is 2.18. The first-order valence-electron chi connectivity index (χ1n) is 7.06. The minimum absolute atomic E-state index is 0.117. The number of benzene rings is 2. The number of nitro groups is 1. The van der Waals surface area contributed by atoms with Gasteiger partial charge in [-0.3, -0.25) is 14.9 Å². The van der Waals surface area contributed by atoms with Gasteiger partial charge in [-0.15, -0.1) is 0 Å². The van der Waals surface area contributed by atoms with Crippen molar-refractivity contribution in [3.63, 3.8) is 0 Å². The standard InChI is InChI=1S/C17H13NO6/c1-9-2-5-15-16(11(9)7-19)17(21)12(8-24-15)10-3-4-14(20)13(6-10)18(22)23/h2-6,8,19-20H,7H2,1H3. The molecular formula is C17H13NO6. The molecule has 3 rings (SSSR count). The van der Waals surface area contributed by atoms with Crippen LogP contribution in [0.4, 0.5) is 5.69 Å². The van der Waals surface area contributed by atoms with Crippen molar-refractivity contribution >= 4 is 16.7 Å². The number of aliphatic hydroxyl groups excluding tert-OH is 1. The molecule has 2 N–H and O–H groups in total. The second kappa shape index (κ2) is 5.78. The lowest BCUT2D eigenvalue weighted by atomic mass is 9.99. The van der Waals surface area contributed by atoms with E-state index in [1.807, 2.05) is 0 Å². The van der Waals surface area contributed by atoms with Gasteiger partial charge in [0, 0.05) is 6.07 Å². The van der Waals surface area contributed by atoms with Gasteiger partial charge in [0.2, 0.25) is 5.43 Å². The van der Waals surface area contributed by atoms with E-state index in [2.05, 4.69) is 0 Å². The van der Waals surface area contributed by atoms with Gasteiger partial charge in [0.15, 0.2) is 5.75 Å². The Hall–Kier alpha value is -3.19. The van der Waals surface area contributed by atoms with Crippen molar-refractivity contribution < 1.29 is 19.6 Å². The highest BCUT2D eigenvalue weighted by Crippen LogP contribution is 2.31. The van der Waals surface area contributed by atoms with Gasteiger partial charge in [0.1, 0.15) is 11.8 Å². The molecule has 0 radical (unpaired) electrons. The zero-order valence-corrected chi connectivity index (χ0v) is 12.6. The molecule has 0 saturated carbocycles. The van der Waals surface area contributed by atoms with Crippen LogP contribution in [-0.4, -0.2) is 15.1 Å². The first-order chi connectivity index (χ1) is 11.4. The summed E-state index contributed by atoms with van der Waals surface area (Å²) in [5, 5.41) is 30.3. The molecule has 7 heteroatoms. The van der Waals surface area contributed by atoms with Crippen LogP contribution in [0, 0.1) is 17.0 Å². The molecule has 0 aliphatic carbocycles. The fraction of sp³-hybridized carbons (Fsp3) is 0.118. The maximum absolute atomic E-state index is 12.8. The lowest BCUT2D eigenvalue weighted by Crippen LogP contribution is -2.08. The molecular weight excluding hydrogens is 314 g/mol. The zero-order chi connectivity index (χ0) is 17.4. The molecule has 3 aromatic rings. The van der Waals surface area contributed by atoms with E-state index in [-0.39, 0.29) is 23.1 Å². The van der Waals surface area contributed by atoms with Crippen molar-refractivity contribution in [2.45, 2.75) is 13.5 Å². The van der Waals surface area contributed by atoms with E-state index >= 15 is 0 Å². The van der Waals surface area contributed by atoms with Crippen molar-refractivity contribution in [2.24, 2.45) is 0 Å². The van der Waals surface area contributed by atoms with Crippen molar-refractivity contribution in [1.29, 1.82) is 0 Å². The molecule has 0 atom stereocenters. The van der Waals surface area contributed by atoms with Gasteiger partial charge < -0.3 is 14.6 Å². The summed E-state index contributed by atoms with van der Waals surface area (Å²) in [6, 6.07) is 7.03. The number of aromatic hydroxyl groups is 1. The zero-order valence-electron chi connectivity index (χ0n) is 12.6. The third-order valence-corrected chi connectivity index (χ3v) is 3.93. The predicted molar refractivity (Wildman–Crippen MR) is 86.9 cm³/mol. The summed E-state index contributed by atoms with van der Waals surface area (Å²) in [6.07, 6.45) is 1.22. The molecule has 0 aliphatic heterocycles. The summed E-state index contributed by atoms with van der Waals surface area (Å²) in [5.41, 5.74) is 0.989. The van der Waals surface area contributed by atoms with Gasteiger partial charge in [0.05, 0.1) is 22.5 Å². The van der Waals surface area contributed by atoms with Crippen molar-refractivity contribution in [3.05, 3.63) is 68.1 Å². The Bertz CT molecular complexity index is 1020. The minimum atomic E-state index is -0.731. The summed E-state index contributed by atoms with van der Waals surface area (Å²) in [4.78, 5) is 23.1. The average molecular weight is 327 g/mol. The number of aryl methyl sites for hydroxylation is 1. The van der Waals surface area contributed by atoms with Crippen LogP contribution < -0.4 is 5.43 Å². The molecule has 1 aromatic heterocycles. The summed E-state index contributed by atoms with van der Waals surface area (Å²) in [6.45, 7) is 1.44. The molecule has 0 amide bonds. The number of phenolic OH excluding ortho intramolecular Hbond substituents is 1. The molecule has 0 bridgehead atoms. The number of aliphatic hydroxyl groups is 1. The molecule has 122 valence electrons. The quantitative estimate of drug-likeness (QED) is 0.565. The molecule has 24 heavy (non-hydrogen) atoms. The molecule has 0 spiro atoms. The van der Waals surface area contributed by atoms with Gasteiger partial charge in [-0.25, -0.2) is 0 Å². The van der Waals surface area contributed by atoms with Gasteiger partial charge in [-0.2, -0.15) is 0 Å². The summed E-state index contributed by atoms with van der Waals surface area (Å²) < 4.78 is 5.46. The largest absolute Gasteiger partial charge is 0.502 e. The highest BCUT2D eigenvalue weighted by molar-refractivity contribution is 5.85. The van der Waals surface area contributed by atoms with Crippen molar-refractivity contribution in [2.75, 3.05) is 0 Å². The first-order valence-corrected chi connectivity index (χ1v) is 7.06. The molecule has 0 saturated heterocycles. The SMILES string of the molecule is Cc1ccc2occ(-c3ccc(O)c([N+](=O)[O-])c3)c(=O)c2c1CO. The molecule has 0 unspecified atom stereocenters. The van der Waals surface area contributed by atoms with Crippen LogP contribution in [0.5, 0.6) is 5.75 Å². The van der Waals surface area contributed by atoms with Gasteiger partial charge in [-0.05, 0) is 41.8 Å². The fourth-order valence-electron chi connectivity index (χ4n) is 2.63. The van der Waals surface area contributed by atoms with Gasteiger partial charge in [-0.1, -0.05) is 6.07 Å². The number of hydrogen-bond donors (Lipinski definition) is 2. The smallest absolute Gasteiger partial charge is 0.311 e.